The fraction of sp³-hybridized carbons (Fsp3) is 0.143. The number of hydrogen-bond acceptors (Lipinski definition) is 0. The largest absolute Gasteiger partial charge is 0.0622 e. The van der Waals surface area contributed by atoms with Gasteiger partial charge in [-0.15, -0.1) is 0 Å². The first-order valence-corrected chi connectivity index (χ1v) is 6.14. The van der Waals surface area contributed by atoms with Crippen molar-refractivity contribution in [3.05, 3.63) is 59.7 Å². The maximum atomic E-state index is 2.28. The van der Waals surface area contributed by atoms with Crippen molar-refractivity contribution < 1.29 is 0 Å². The molecule has 2 heteroatoms. The summed E-state index contributed by atoms with van der Waals surface area (Å²) in [7, 11) is 0.770. The van der Waals surface area contributed by atoms with Gasteiger partial charge in [-0.1, -0.05) is 68.2 Å². The molecule has 1 atom stereocenters. The molecule has 0 heterocycles. The van der Waals surface area contributed by atoms with Gasteiger partial charge in [0.25, 0.3) is 0 Å². The van der Waals surface area contributed by atoms with Crippen LogP contribution in [0.3, 0.4) is 0 Å². The molecule has 0 nitrogen and oxygen atoms in total. The van der Waals surface area contributed by atoms with Gasteiger partial charge in [-0.25, -0.2) is 0 Å². The number of rotatable bonds is 2. The Morgan fingerprint density at radius 3 is 1.88 bits per heavy atom. The summed E-state index contributed by atoms with van der Waals surface area (Å²) >= 11 is 0. The second-order valence-corrected chi connectivity index (χ2v) is 5.27. The molecular weight excluding hydrogens is 206 g/mol. The zero-order valence-corrected chi connectivity index (χ0v) is 11.1. The van der Waals surface area contributed by atoms with E-state index < -0.39 is 0 Å². The fourth-order valence-electron chi connectivity index (χ4n) is 1.74. The minimum absolute atomic E-state index is 0. The van der Waals surface area contributed by atoms with Gasteiger partial charge in [-0.05, 0) is 24.5 Å². The Labute approximate surface area is 111 Å². The van der Waals surface area contributed by atoms with Crippen molar-refractivity contribution in [2.45, 2.75) is 13.8 Å². The van der Waals surface area contributed by atoms with Crippen LogP contribution >= 0.6 is 8.58 Å². The van der Waals surface area contributed by atoms with Crippen molar-refractivity contribution in [2.75, 3.05) is 0 Å². The van der Waals surface area contributed by atoms with Crippen molar-refractivity contribution in [1.82, 2.24) is 0 Å². The Balaban J connectivity index is 0.00000128. The van der Waals surface area contributed by atoms with Crippen LogP contribution in [0.4, 0.5) is 0 Å². The molecule has 0 saturated heterocycles. The molecule has 0 saturated carbocycles. The van der Waals surface area contributed by atoms with Gasteiger partial charge in [0.15, 0.2) is 0 Å². The zero-order chi connectivity index (χ0) is 10.7. The quantitative estimate of drug-likeness (QED) is 0.540. The molecule has 1 radical (unpaired) electrons. The summed E-state index contributed by atoms with van der Waals surface area (Å²) in [6.45, 7) is 4.32. The molecule has 2 aromatic rings. The van der Waals surface area contributed by atoms with E-state index in [1.165, 1.54) is 21.7 Å². The van der Waals surface area contributed by atoms with Gasteiger partial charge in [-0.2, -0.15) is 0 Å². The van der Waals surface area contributed by atoms with Crippen molar-refractivity contribution in [1.29, 1.82) is 0 Å². The summed E-state index contributed by atoms with van der Waals surface area (Å²) in [5.74, 6) is 0. The third-order valence-electron chi connectivity index (χ3n) is 2.28. The Morgan fingerprint density at radius 1 is 0.750 bits per heavy atom. The van der Waals surface area contributed by atoms with Crippen LogP contribution < -0.4 is 10.6 Å². The predicted octanol–water partition coefficient (Wildman–Crippen LogP) is 2.55. The second kappa shape index (κ2) is 6.26. The molecular formula is C14H15LiP. The van der Waals surface area contributed by atoms with Crippen LogP contribution in [0.2, 0.25) is 0 Å². The Kier molecular flexibility index (Phi) is 5.30. The molecule has 0 aliphatic rings. The maximum Gasteiger partial charge on any atom is 0 e. The summed E-state index contributed by atoms with van der Waals surface area (Å²) in [4.78, 5) is 0. The normalized spacial score (nSPS) is 10.4. The molecule has 0 fully saturated rings. The van der Waals surface area contributed by atoms with E-state index in [9.17, 15) is 0 Å². The summed E-state index contributed by atoms with van der Waals surface area (Å²) in [6, 6.07) is 17.4. The molecule has 0 bridgehead atoms. The van der Waals surface area contributed by atoms with Gasteiger partial charge >= 0.3 is 0 Å². The first kappa shape index (κ1) is 13.5. The van der Waals surface area contributed by atoms with Crippen molar-refractivity contribution >= 4 is 38.1 Å². The Morgan fingerprint density at radius 2 is 1.31 bits per heavy atom. The van der Waals surface area contributed by atoms with Crippen molar-refractivity contribution in [3.8, 4) is 0 Å². The van der Waals surface area contributed by atoms with Gasteiger partial charge in [-0.3, -0.25) is 0 Å². The predicted molar refractivity (Wildman–Crippen MR) is 75.7 cm³/mol. The van der Waals surface area contributed by atoms with E-state index in [0.717, 1.165) is 8.58 Å². The van der Waals surface area contributed by atoms with Crippen LogP contribution in [-0.2, 0) is 0 Å². The van der Waals surface area contributed by atoms with Gasteiger partial charge in [0.2, 0.25) is 0 Å². The minimum Gasteiger partial charge on any atom is -0.0622 e. The molecule has 0 aliphatic heterocycles. The van der Waals surface area contributed by atoms with Gasteiger partial charge in [0.05, 0.1) is 0 Å². The molecule has 0 amide bonds. The van der Waals surface area contributed by atoms with Gasteiger partial charge < -0.3 is 0 Å². The number of aryl methyl sites for hydroxylation is 2. The third-order valence-corrected chi connectivity index (χ3v) is 3.48. The average molecular weight is 221 g/mol. The summed E-state index contributed by atoms with van der Waals surface area (Å²) in [6.07, 6.45) is 0. The van der Waals surface area contributed by atoms with Crippen molar-refractivity contribution in [2.24, 2.45) is 0 Å². The molecule has 16 heavy (non-hydrogen) atoms. The van der Waals surface area contributed by atoms with Crippen molar-refractivity contribution in [3.63, 3.8) is 0 Å². The van der Waals surface area contributed by atoms with Crippen LogP contribution in [0, 0.1) is 13.8 Å². The Hall–Kier alpha value is -0.533. The summed E-state index contributed by atoms with van der Waals surface area (Å²) < 4.78 is 0. The van der Waals surface area contributed by atoms with E-state index in [4.69, 9.17) is 0 Å². The topological polar surface area (TPSA) is 0 Å². The first-order valence-electron chi connectivity index (χ1n) is 5.14. The van der Waals surface area contributed by atoms with E-state index in [-0.39, 0.29) is 18.9 Å². The second-order valence-electron chi connectivity index (χ2n) is 3.87. The SMILES string of the molecule is Cc1cc(C)cc(Pc2ccccc2)c1.[Li]. The van der Waals surface area contributed by atoms with Crippen LogP contribution in [0.15, 0.2) is 48.5 Å². The monoisotopic (exact) mass is 221 g/mol. The molecule has 0 spiro atoms. The standard InChI is InChI=1S/C14H15P.Li/c1-11-8-12(2)10-14(9-11)15-13-6-4-3-5-7-13;/h3-10,15H,1-2H3;. The smallest absolute Gasteiger partial charge is 0 e. The molecule has 1 unspecified atom stereocenters. The van der Waals surface area contributed by atoms with Crippen LogP contribution in [-0.4, -0.2) is 18.9 Å². The number of benzene rings is 2. The van der Waals surface area contributed by atoms with E-state index >= 15 is 0 Å². The number of hydrogen-bond donors (Lipinski definition) is 0. The summed E-state index contributed by atoms with van der Waals surface area (Å²) in [5, 5.41) is 2.83. The molecule has 0 aliphatic carbocycles. The van der Waals surface area contributed by atoms with Crippen LogP contribution in [0.1, 0.15) is 11.1 Å². The molecule has 0 aromatic heterocycles. The minimum atomic E-state index is 0. The van der Waals surface area contributed by atoms with E-state index in [1.54, 1.807) is 0 Å². The fourth-order valence-corrected chi connectivity index (χ4v) is 3.03. The van der Waals surface area contributed by atoms with E-state index in [1.807, 2.05) is 0 Å². The maximum absolute atomic E-state index is 2.28. The molecule has 2 aromatic carbocycles. The van der Waals surface area contributed by atoms with Crippen LogP contribution in [0.5, 0.6) is 0 Å². The third kappa shape index (κ3) is 3.80. The van der Waals surface area contributed by atoms with Gasteiger partial charge in [0.1, 0.15) is 0 Å². The first-order chi connectivity index (χ1) is 7.24. The Bertz CT molecular complexity index is 431. The zero-order valence-electron chi connectivity index (χ0n) is 10.1. The van der Waals surface area contributed by atoms with E-state index in [0.29, 0.717) is 0 Å². The van der Waals surface area contributed by atoms with E-state index in [2.05, 4.69) is 62.4 Å². The molecule has 0 N–H and O–H groups in total. The van der Waals surface area contributed by atoms with Gasteiger partial charge in [0, 0.05) is 18.9 Å². The summed E-state index contributed by atoms with van der Waals surface area (Å²) in [5.41, 5.74) is 2.71. The molecule has 77 valence electrons. The van der Waals surface area contributed by atoms with Crippen LogP contribution in [0.25, 0.3) is 0 Å². The average Bonchev–Trinajstić information content (AvgIpc) is 2.17. The molecule has 2 rings (SSSR count).